The Morgan fingerprint density at radius 1 is 0.962 bits per heavy atom. The fourth-order valence-electron chi connectivity index (χ4n) is 3.07. The first kappa shape index (κ1) is 18.3. The quantitative estimate of drug-likeness (QED) is 0.704. The Morgan fingerprint density at radius 2 is 1.69 bits per heavy atom. The number of nitrogens with zero attached hydrogens (tertiary/aromatic N) is 1. The molecule has 1 N–H and O–H groups in total. The minimum atomic E-state index is -0.110. The van der Waals surface area contributed by atoms with Crippen LogP contribution in [-0.2, 0) is 16.1 Å². The van der Waals surface area contributed by atoms with Crippen LogP contribution in [-0.4, -0.2) is 38.8 Å². The molecule has 0 unspecified atom stereocenters. The second-order valence-corrected chi connectivity index (χ2v) is 6.31. The first-order chi connectivity index (χ1) is 12.8. The number of benzene rings is 2. The van der Waals surface area contributed by atoms with Crippen LogP contribution in [0, 0.1) is 0 Å². The first-order valence-corrected chi connectivity index (χ1v) is 9.18. The maximum absolute atomic E-state index is 12.0. The average Bonchev–Trinajstić information content (AvgIpc) is 3.22. The van der Waals surface area contributed by atoms with Crippen molar-refractivity contribution in [1.29, 1.82) is 0 Å². The molecule has 2 aromatic rings. The van der Waals surface area contributed by atoms with Gasteiger partial charge in [0.2, 0.25) is 5.91 Å². The SMILES string of the molecule is O=C(COCCOc1ccccc1)NCc1ccccc1N1CCCC1. The summed E-state index contributed by atoms with van der Waals surface area (Å²) in [4.78, 5) is 14.4. The first-order valence-electron chi connectivity index (χ1n) is 9.18. The summed E-state index contributed by atoms with van der Waals surface area (Å²) in [6.07, 6.45) is 2.47. The molecular formula is C21H26N2O3. The van der Waals surface area contributed by atoms with Crippen LogP contribution in [0.2, 0.25) is 0 Å². The smallest absolute Gasteiger partial charge is 0.246 e. The number of hydrogen-bond acceptors (Lipinski definition) is 4. The van der Waals surface area contributed by atoms with Crippen LogP contribution in [0.5, 0.6) is 5.75 Å². The number of para-hydroxylation sites is 2. The summed E-state index contributed by atoms with van der Waals surface area (Å²) in [5, 5.41) is 2.94. The van der Waals surface area contributed by atoms with Gasteiger partial charge in [0.05, 0.1) is 6.61 Å². The van der Waals surface area contributed by atoms with E-state index in [4.69, 9.17) is 9.47 Å². The van der Waals surface area contributed by atoms with Crippen LogP contribution < -0.4 is 15.0 Å². The van der Waals surface area contributed by atoms with Crippen molar-refractivity contribution in [3.8, 4) is 5.75 Å². The Morgan fingerprint density at radius 3 is 2.50 bits per heavy atom. The van der Waals surface area contributed by atoms with E-state index < -0.39 is 0 Å². The van der Waals surface area contributed by atoms with Gasteiger partial charge in [0.1, 0.15) is 19.0 Å². The van der Waals surface area contributed by atoms with Crippen molar-refractivity contribution in [2.75, 3.05) is 37.8 Å². The Balaban J connectivity index is 1.35. The molecule has 2 aromatic carbocycles. The summed E-state index contributed by atoms with van der Waals surface area (Å²) in [5.74, 6) is 0.694. The van der Waals surface area contributed by atoms with E-state index in [1.807, 2.05) is 36.4 Å². The molecule has 1 amide bonds. The van der Waals surface area contributed by atoms with E-state index in [0.29, 0.717) is 19.8 Å². The number of nitrogens with one attached hydrogen (secondary N) is 1. The molecule has 1 heterocycles. The molecular weight excluding hydrogens is 328 g/mol. The number of ether oxygens (including phenoxy) is 2. The van der Waals surface area contributed by atoms with E-state index in [1.54, 1.807) is 0 Å². The number of rotatable bonds is 9. The van der Waals surface area contributed by atoms with Crippen molar-refractivity contribution in [2.45, 2.75) is 19.4 Å². The average molecular weight is 354 g/mol. The Hall–Kier alpha value is -2.53. The fourth-order valence-corrected chi connectivity index (χ4v) is 3.07. The van der Waals surface area contributed by atoms with E-state index in [-0.39, 0.29) is 12.5 Å². The molecule has 1 aliphatic rings. The van der Waals surface area contributed by atoms with Crippen LogP contribution in [0.25, 0.3) is 0 Å². The predicted octanol–water partition coefficient (Wildman–Crippen LogP) is 3.00. The van der Waals surface area contributed by atoms with E-state index >= 15 is 0 Å². The van der Waals surface area contributed by atoms with E-state index in [2.05, 4.69) is 28.4 Å². The molecule has 0 aromatic heterocycles. The zero-order chi connectivity index (χ0) is 18.0. The lowest BCUT2D eigenvalue weighted by Crippen LogP contribution is -2.29. The second kappa shape index (κ2) is 9.82. The third-order valence-corrected chi connectivity index (χ3v) is 4.39. The van der Waals surface area contributed by atoms with E-state index in [9.17, 15) is 4.79 Å². The largest absolute Gasteiger partial charge is 0.491 e. The lowest BCUT2D eigenvalue weighted by molar-refractivity contribution is -0.126. The normalized spacial score (nSPS) is 13.6. The number of hydrogen-bond donors (Lipinski definition) is 1. The van der Waals surface area contributed by atoms with Crippen LogP contribution in [0.3, 0.4) is 0 Å². The highest BCUT2D eigenvalue weighted by Crippen LogP contribution is 2.24. The van der Waals surface area contributed by atoms with Crippen molar-refractivity contribution in [2.24, 2.45) is 0 Å². The van der Waals surface area contributed by atoms with Gasteiger partial charge in [-0.25, -0.2) is 0 Å². The van der Waals surface area contributed by atoms with Gasteiger partial charge in [-0.05, 0) is 36.6 Å². The van der Waals surface area contributed by atoms with Crippen molar-refractivity contribution >= 4 is 11.6 Å². The van der Waals surface area contributed by atoms with Gasteiger partial charge in [-0.3, -0.25) is 4.79 Å². The third kappa shape index (κ3) is 5.49. The van der Waals surface area contributed by atoms with Gasteiger partial charge >= 0.3 is 0 Å². The number of carbonyl (C=O) groups excluding carboxylic acids is 1. The summed E-state index contributed by atoms with van der Waals surface area (Å²) < 4.78 is 10.9. The minimum absolute atomic E-state index is 0.0457. The molecule has 26 heavy (non-hydrogen) atoms. The molecule has 1 saturated heterocycles. The summed E-state index contributed by atoms with van der Waals surface area (Å²) >= 11 is 0. The zero-order valence-corrected chi connectivity index (χ0v) is 15.0. The van der Waals surface area contributed by atoms with Crippen LogP contribution >= 0.6 is 0 Å². The molecule has 0 spiro atoms. The van der Waals surface area contributed by atoms with Gasteiger partial charge in [0.15, 0.2) is 0 Å². The summed E-state index contributed by atoms with van der Waals surface area (Å²) in [5.41, 5.74) is 2.37. The maximum Gasteiger partial charge on any atom is 0.246 e. The van der Waals surface area contributed by atoms with Crippen LogP contribution in [0.4, 0.5) is 5.69 Å². The van der Waals surface area contributed by atoms with Gasteiger partial charge in [-0.15, -0.1) is 0 Å². The van der Waals surface area contributed by atoms with Crippen molar-refractivity contribution in [3.63, 3.8) is 0 Å². The van der Waals surface area contributed by atoms with Gasteiger partial charge in [0.25, 0.3) is 0 Å². The number of anilines is 1. The Labute approximate surface area is 154 Å². The van der Waals surface area contributed by atoms with Crippen molar-refractivity contribution in [1.82, 2.24) is 5.32 Å². The molecule has 0 bridgehead atoms. The molecule has 1 fully saturated rings. The van der Waals surface area contributed by atoms with E-state index in [1.165, 1.54) is 18.5 Å². The van der Waals surface area contributed by atoms with E-state index in [0.717, 1.165) is 24.4 Å². The molecule has 0 saturated carbocycles. The Bertz CT molecular complexity index is 685. The maximum atomic E-state index is 12.0. The molecule has 138 valence electrons. The lowest BCUT2D eigenvalue weighted by Gasteiger charge is -2.21. The van der Waals surface area contributed by atoms with Crippen molar-refractivity contribution in [3.05, 3.63) is 60.2 Å². The predicted molar refractivity (Wildman–Crippen MR) is 102 cm³/mol. The molecule has 3 rings (SSSR count). The fraction of sp³-hybridized carbons (Fsp3) is 0.381. The molecule has 0 radical (unpaired) electrons. The molecule has 1 aliphatic heterocycles. The molecule has 0 aliphatic carbocycles. The molecule has 0 atom stereocenters. The lowest BCUT2D eigenvalue weighted by atomic mass is 10.1. The molecule has 5 nitrogen and oxygen atoms in total. The molecule has 5 heteroatoms. The van der Waals surface area contributed by atoms with Gasteiger partial charge < -0.3 is 19.7 Å². The van der Waals surface area contributed by atoms with Gasteiger partial charge in [0, 0.05) is 25.3 Å². The summed E-state index contributed by atoms with van der Waals surface area (Å²) in [6.45, 7) is 3.56. The summed E-state index contributed by atoms with van der Waals surface area (Å²) in [7, 11) is 0. The van der Waals surface area contributed by atoms with Crippen LogP contribution in [0.1, 0.15) is 18.4 Å². The minimum Gasteiger partial charge on any atom is -0.491 e. The highest BCUT2D eigenvalue weighted by atomic mass is 16.5. The highest BCUT2D eigenvalue weighted by Gasteiger charge is 2.15. The van der Waals surface area contributed by atoms with Crippen LogP contribution in [0.15, 0.2) is 54.6 Å². The standard InChI is InChI=1S/C21H26N2O3/c24-21(17-25-14-15-26-19-9-2-1-3-10-19)22-16-18-8-4-5-11-20(18)23-12-6-7-13-23/h1-5,8-11H,6-7,12-17H2,(H,22,24). The topological polar surface area (TPSA) is 50.8 Å². The van der Waals surface area contributed by atoms with Gasteiger partial charge in [-0.2, -0.15) is 0 Å². The monoisotopic (exact) mass is 354 g/mol. The zero-order valence-electron chi connectivity index (χ0n) is 15.0. The second-order valence-electron chi connectivity index (χ2n) is 6.31. The number of amides is 1. The summed E-state index contributed by atoms with van der Waals surface area (Å²) in [6, 6.07) is 17.8. The number of carbonyl (C=O) groups is 1. The third-order valence-electron chi connectivity index (χ3n) is 4.39. The van der Waals surface area contributed by atoms with Gasteiger partial charge in [-0.1, -0.05) is 36.4 Å². The Kier molecular flexibility index (Phi) is 6.90. The highest BCUT2D eigenvalue weighted by molar-refractivity contribution is 5.77. The van der Waals surface area contributed by atoms with Crippen molar-refractivity contribution < 1.29 is 14.3 Å².